The normalized spacial score (nSPS) is 23.2. The van der Waals surface area contributed by atoms with Crippen molar-refractivity contribution < 1.29 is 68.6 Å². The number of esters is 3. The van der Waals surface area contributed by atoms with Crippen molar-refractivity contribution in [3.8, 4) is 0 Å². The van der Waals surface area contributed by atoms with Gasteiger partial charge in [-0.05, 0) is 25.8 Å². The second-order valence-corrected chi connectivity index (χ2v) is 10.2. The lowest BCUT2D eigenvalue weighted by molar-refractivity contribution is -0.306. The molecule has 1 amide bonds. The van der Waals surface area contributed by atoms with Gasteiger partial charge in [0.2, 0.25) is 5.91 Å². The third-order valence-electron chi connectivity index (χ3n) is 5.20. The summed E-state index contributed by atoms with van der Waals surface area (Å²) in [5, 5.41) is 2.67. The van der Waals surface area contributed by atoms with Crippen LogP contribution in [0, 0.1) is 0 Å². The van der Waals surface area contributed by atoms with Gasteiger partial charge in [-0.3, -0.25) is 23.4 Å². The van der Waals surface area contributed by atoms with Crippen LogP contribution < -0.4 is 11.1 Å². The van der Waals surface area contributed by atoms with E-state index in [1.54, 1.807) is 0 Å². The summed E-state index contributed by atoms with van der Waals surface area (Å²) in [6, 6.07) is 0. The smallest absolute Gasteiger partial charge is 0.456 e. The van der Waals surface area contributed by atoms with Crippen molar-refractivity contribution in [1.82, 2.24) is 5.32 Å². The zero-order valence-electron chi connectivity index (χ0n) is 22.3. The zero-order chi connectivity index (χ0) is 30.5. The highest BCUT2D eigenvalue weighted by Gasteiger charge is 2.54. The molecule has 1 aliphatic heterocycles. The molecule has 0 spiro atoms. The van der Waals surface area contributed by atoms with Gasteiger partial charge in [-0.25, -0.2) is 0 Å². The first-order chi connectivity index (χ1) is 18.6. The number of ether oxygens (including phenoxy) is 5. The van der Waals surface area contributed by atoms with E-state index in [4.69, 9.17) is 29.4 Å². The number of nitrogens with one attached hydrogen (secondary N) is 1. The van der Waals surface area contributed by atoms with Crippen LogP contribution in [0.3, 0.4) is 0 Å². The molecule has 0 aliphatic carbocycles. The zero-order valence-corrected chi connectivity index (χ0v) is 23.1. The molecule has 1 fully saturated rings. The number of carbonyl (C=O) groups excluding carboxylic acids is 4. The average Bonchev–Trinajstić information content (AvgIpc) is 2.82. The first kappa shape index (κ1) is 35.5. The number of carbonyl (C=O) groups is 4. The number of amides is 1. The average molecular weight is 609 g/mol. The summed E-state index contributed by atoms with van der Waals surface area (Å²) >= 11 is 0. The van der Waals surface area contributed by atoms with Crippen LogP contribution in [0.5, 0.6) is 0 Å². The number of hydrogen-bond acceptors (Lipinski definition) is 13. The van der Waals surface area contributed by atoms with Gasteiger partial charge < -0.3 is 34.7 Å². The molecule has 5 atom stereocenters. The quantitative estimate of drug-likeness (QED) is 0.0805. The summed E-state index contributed by atoms with van der Waals surface area (Å²) in [7, 11) is -6.08. The number of hydrogen-bond donors (Lipinski definition) is 2. The Hall–Kier alpha value is -2.54. The maximum atomic E-state index is 12.8. The highest BCUT2D eigenvalue weighted by Crippen LogP contribution is 2.31. The van der Waals surface area contributed by atoms with Crippen LogP contribution >= 0.6 is 0 Å². The lowest BCUT2D eigenvalue weighted by Crippen LogP contribution is -2.63. The van der Waals surface area contributed by atoms with Crippen molar-refractivity contribution in [1.29, 1.82) is 0 Å². The molecule has 232 valence electrons. The minimum atomic E-state index is -6.08. The lowest BCUT2D eigenvalue weighted by atomic mass is 9.98. The molecule has 0 bridgehead atoms. The standard InChI is InChI=1S/C22H35F3N2O12S/c1-13(28)36-18-16(12-35-40(32,33)22(23,24)25)39-21(20(38-15(3)30)19(18)37-14(2)29)34-11-7-10-27-17(31)8-5-4-6-9-26/h16,18-21H,4-12,26H2,1-3H3,(H,27,31). The van der Waals surface area contributed by atoms with Gasteiger partial charge in [0.1, 0.15) is 6.10 Å². The summed E-state index contributed by atoms with van der Waals surface area (Å²) < 4.78 is 91.8. The first-order valence-corrected chi connectivity index (χ1v) is 13.7. The van der Waals surface area contributed by atoms with Crippen LogP contribution in [-0.4, -0.2) is 94.8 Å². The molecule has 1 aliphatic rings. The third-order valence-corrected chi connectivity index (χ3v) is 6.21. The fraction of sp³-hybridized carbons (Fsp3) is 0.818. The van der Waals surface area contributed by atoms with E-state index in [0.29, 0.717) is 19.4 Å². The highest BCUT2D eigenvalue weighted by molar-refractivity contribution is 7.87. The number of rotatable bonds is 16. The van der Waals surface area contributed by atoms with Gasteiger partial charge in [0.25, 0.3) is 0 Å². The largest absolute Gasteiger partial charge is 0.523 e. The molecule has 1 rings (SSSR count). The van der Waals surface area contributed by atoms with Crippen LogP contribution in [0.25, 0.3) is 0 Å². The van der Waals surface area contributed by atoms with Crippen molar-refractivity contribution in [2.75, 3.05) is 26.3 Å². The minimum absolute atomic E-state index is 0.157. The predicted molar refractivity (Wildman–Crippen MR) is 127 cm³/mol. The molecule has 0 saturated carbocycles. The molecule has 18 heteroatoms. The Kier molecular flexibility index (Phi) is 14.8. The molecular formula is C22H35F3N2O12S. The Bertz CT molecular complexity index is 963. The number of halogens is 3. The summed E-state index contributed by atoms with van der Waals surface area (Å²) in [6.45, 7) is 2.09. The van der Waals surface area contributed by atoms with Gasteiger partial charge in [0, 0.05) is 33.7 Å². The van der Waals surface area contributed by atoms with Crippen LogP contribution in [-0.2, 0) is 57.2 Å². The summed E-state index contributed by atoms with van der Waals surface area (Å²) in [4.78, 5) is 47.2. The molecule has 1 heterocycles. The Morgan fingerprint density at radius 3 is 2.00 bits per heavy atom. The van der Waals surface area contributed by atoms with Crippen LogP contribution in [0.4, 0.5) is 13.2 Å². The maximum absolute atomic E-state index is 12.8. The van der Waals surface area contributed by atoms with Gasteiger partial charge in [0.05, 0.1) is 13.2 Å². The van der Waals surface area contributed by atoms with E-state index < -0.39 is 70.8 Å². The Morgan fingerprint density at radius 2 is 1.45 bits per heavy atom. The fourth-order valence-corrected chi connectivity index (χ4v) is 3.99. The van der Waals surface area contributed by atoms with Crippen molar-refractivity contribution in [2.24, 2.45) is 5.73 Å². The number of alkyl halides is 3. The Balaban J connectivity index is 3.05. The second kappa shape index (κ2) is 16.7. The molecule has 0 aromatic heterocycles. The molecule has 3 N–H and O–H groups in total. The topological polar surface area (TPSA) is 196 Å². The minimum Gasteiger partial charge on any atom is -0.456 e. The summed E-state index contributed by atoms with van der Waals surface area (Å²) in [5.74, 6) is -3.08. The lowest BCUT2D eigenvalue weighted by Gasteiger charge is -2.44. The fourth-order valence-electron chi connectivity index (χ4n) is 3.54. The van der Waals surface area contributed by atoms with E-state index in [0.717, 1.165) is 33.6 Å². The molecule has 1 saturated heterocycles. The van der Waals surface area contributed by atoms with Crippen molar-refractivity contribution in [3.05, 3.63) is 0 Å². The first-order valence-electron chi connectivity index (χ1n) is 12.3. The van der Waals surface area contributed by atoms with Gasteiger partial charge in [0.15, 0.2) is 24.6 Å². The van der Waals surface area contributed by atoms with E-state index >= 15 is 0 Å². The van der Waals surface area contributed by atoms with Gasteiger partial charge in [-0.2, -0.15) is 21.6 Å². The van der Waals surface area contributed by atoms with Crippen LogP contribution in [0.2, 0.25) is 0 Å². The van der Waals surface area contributed by atoms with Crippen LogP contribution in [0.15, 0.2) is 0 Å². The SMILES string of the molecule is CC(=O)OC1C(COS(=O)(=O)C(F)(F)F)OC(OCCCNC(=O)CCCCCN)C(OC(C)=O)C1OC(C)=O. The molecule has 14 nitrogen and oxygen atoms in total. The van der Waals surface area contributed by atoms with E-state index in [1.807, 2.05) is 0 Å². The van der Waals surface area contributed by atoms with Gasteiger partial charge in [-0.15, -0.1) is 0 Å². The second-order valence-electron chi connectivity index (χ2n) is 8.62. The number of unbranched alkanes of at least 4 members (excludes halogenated alkanes) is 2. The predicted octanol–water partition coefficient (Wildman–Crippen LogP) is 0.415. The Labute approximate surface area is 229 Å². The van der Waals surface area contributed by atoms with E-state index in [9.17, 15) is 40.8 Å². The molecule has 0 aromatic carbocycles. The van der Waals surface area contributed by atoms with Crippen molar-refractivity contribution in [2.45, 2.75) is 89.1 Å². The molecule has 0 radical (unpaired) electrons. The van der Waals surface area contributed by atoms with E-state index in [2.05, 4.69) is 9.50 Å². The maximum Gasteiger partial charge on any atom is 0.523 e. The van der Waals surface area contributed by atoms with Crippen LogP contribution in [0.1, 0.15) is 52.9 Å². The monoisotopic (exact) mass is 608 g/mol. The van der Waals surface area contributed by atoms with Gasteiger partial charge >= 0.3 is 33.5 Å². The highest BCUT2D eigenvalue weighted by atomic mass is 32.2. The molecule has 0 aromatic rings. The molecule has 40 heavy (non-hydrogen) atoms. The third kappa shape index (κ3) is 12.3. The number of nitrogens with two attached hydrogens (primary N) is 1. The summed E-state index contributed by atoms with van der Waals surface area (Å²) in [6.07, 6.45) is -5.67. The van der Waals surface area contributed by atoms with Gasteiger partial charge in [-0.1, -0.05) is 6.42 Å². The Morgan fingerprint density at radius 1 is 0.875 bits per heavy atom. The van der Waals surface area contributed by atoms with Crippen molar-refractivity contribution >= 4 is 33.9 Å². The van der Waals surface area contributed by atoms with E-state index in [-0.39, 0.29) is 25.5 Å². The molecule has 5 unspecified atom stereocenters. The molecular weight excluding hydrogens is 573 g/mol. The summed E-state index contributed by atoms with van der Waals surface area (Å²) in [5.41, 5.74) is -0.363. The van der Waals surface area contributed by atoms with Crippen molar-refractivity contribution in [3.63, 3.8) is 0 Å². The van der Waals surface area contributed by atoms with E-state index in [1.165, 1.54) is 0 Å².